The van der Waals surface area contributed by atoms with E-state index in [-0.39, 0.29) is 38.0 Å². The first-order chi connectivity index (χ1) is 22.3. The third-order valence-electron chi connectivity index (χ3n) is 7.30. The number of rotatable bonds is 12. The Labute approximate surface area is 263 Å². The molecule has 0 bridgehead atoms. The minimum Gasteiger partial charge on any atom is -0.480 e. The van der Waals surface area contributed by atoms with Gasteiger partial charge in [0.2, 0.25) is 5.91 Å². The largest absolute Gasteiger partial charge is 0.480 e. The standard InChI is InChI=1S/C33H31N5O8/c39-29(18-38-16-14-28(35-31(38)42)36-33(44)45-20-22-8-2-1-3-9-22)37(19-30(40)41)17-15-34-32(43)46-21-27-25-12-6-4-10-23(25)24-11-5-7-13-26(24)27/h1-14,16,27H,15,17-21H2,(H,34,43)(H,40,41)(H,35,36,42,44). The van der Waals surface area contributed by atoms with Crippen molar-refractivity contribution in [3.8, 4) is 11.1 Å². The van der Waals surface area contributed by atoms with Crippen molar-refractivity contribution in [2.75, 3.05) is 31.6 Å². The summed E-state index contributed by atoms with van der Waals surface area (Å²) in [7, 11) is 0. The van der Waals surface area contributed by atoms with Gasteiger partial charge in [-0.25, -0.2) is 14.4 Å². The molecule has 0 fully saturated rings. The molecule has 0 atom stereocenters. The summed E-state index contributed by atoms with van der Waals surface area (Å²) in [6, 6.07) is 26.2. The molecule has 0 saturated heterocycles. The van der Waals surface area contributed by atoms with Crippen LogP contribution in [0.2, 0.25) is 0 Å². The SMILES string of the molecule is O=C(O)CN(CCNC(=O)OCC1c2ccccc2-c2ccccc21)C(=O)Cn1ccc(NC(=O)OCc2ccccc2)nc1=O. The number of alkyl carbamates (subject to hydrolysis) is 1. The molecule has 1 aliphatic carbocycles. The van der Waals surface area contributed by atoms with Crippen molar-refractivity contribution in [3.05, 3.63) is 118 Å². The first-order valence-corrected chi connectivity index (χ1v) is 14.4. The van der Waals surface area contributed by atoms with Gasteiger partial charge in [0.15, 0.2) is 0 Å². The molecule has 0 aliphatic heterocycles. The molecule has 0 radical (unpaired) electrons. The van der Waals surface area contributed by atoms with Gasteiger partial charge < -0.3 is 24.8 Å². The first kappa shape index (κ1) is 31.4. The van der Waals surface area contributed by atoms with Crippen LogP contribution >= 0.6 is 0 Å². The number of fused-ring (bicyclic) bond motifs is 3. The minimum atomic E-state index is -1.27. The molecule has 1 aromatic heterocycles. The third kappa shape index (κ3) is 7.94. The molecule has 4 aromatic rings. The van der Waals surface area contributed by atoms with Gasteiger partial charge in [-0.15, -0.1) is 0 Å². The number of hydrogen-bond acceptors (Lipinski definition) is 8. The summed E-state index contributed by atoms with van der Waals surface area (Å²) >= 11 is 0. The number of aromatic nitrogens is 2. The monoisotopic (exact) mass is 625 g/mol. The summed E-state index contributed by atoms with van der Waals surface area (Å²) in [5.74, 6) is -2.17. The van der Waals surface area contributed by atoms with Crippen LogP contribution in [0.25, 0.3) is 11.1 Å². The highest BCUT2D eigenvalue weighted by molar-refractivity contribution is 5.83. The Morgan fingerprint density at radius 1 is 0.848 bits per heavy atom. The Morgan fingerprint density at radius 3 is 2.15 bits per heavy atom. The highest BCUT2D eigenvalue weighted by Crippen LogP contribution is 2.44. The second kappa shape index (κ2) is 14.7. The van der Waals surface area contributed by atoms with Crippen molar-refractivity contribution in [1.82, 2.24) is 19.8 Å². The Balaban J connectivity index is 1.10. The van der Waals surface area contributed by atoms with Gasteiger partial charge in [-0.3, -0.25) is 19.5 Å². The number of hydrogen-bond donors (Lipinski definition) is 3. The van der Waals surface area contributed by atoms with E-state index in [4.69, 9.17) is 9.47 Å². The molecule has 3 N–H and O–H groups in total. The first-order valence-electron chi connectivity index (χ1n) is 14.4. The van der Waals surface area contributed by atoms with Crippen molar-refractivity contribution in [3.63, 3.8) is 0 Å². The van der Waals surface area contributed by atoms with Crippen molar-refractivity contribution < 1.29 is 33.8 Å². The molecule has 1 aliphatic rings. The van der Waals surface area contributed by atoms with Gasteiger partial charge in [0.25, 0.3) is 0 Å². The Bertz CT molecular complexity index is 1750. The van der Waals surface area contributed by atoms with E-state index >= 15 is 0 Å². The smallest absolute Gasteiger partial charge is 0.413 e. The number of aliphatic carboxylic acids is 1. The van der Waals surface area contributed by atoms with Gasteiger partial charge in [-0.1, -0.05) is 78.9 Å². The number of anilines is 1. The number of amides is 3. The van der Waals surface area contributed by atoms with Crippen molar-refractivity contribution in [2.24, 2.45) is 0 Å². The van der Waals surface area contributed by atoms with Gasteiger partial charge in [0.05, 0.1) is 0 Å². The molecule has 3 amide bonds. The molecular weight excluding hydrogens is 594 g/mol. The molecule has 0 saturated carbocycles. The average Bonchev–Trinajstić information content (AvgIpc) is 3.37. The van der Waals surface area contributed by atoms with Gasteiger partial charge >= 0.3 is 23.8 Å². The predicted molar refractivity (Wildman–Crippen MR) is 166 cm³/mol. The second-order valence-corrected chi connectivity index (χ2v) is 10.4. The zero-order valence-corrected chi connectivity index (χ0v) is 24.6. The molecule has 46 heavy (non-hydrogen) atoms. The zero-order valence-electron chi connectivity index (χ0n) is 24.6. The van der Waals surface area contributed by atoms with Crippen molar-refractivity contribution >= 4 is 29.9 Å². The Morgan fingerprint density at radius 2 is 1.50 bits per heavy atom. The van der Waals surface area contributed by atoms with E-state index in [1.165, 1.54) is 12.3 Å². The average molecular weight is 626 g/mol. The van der Waals surface area contributed by atoms with Crippen molar-refractivity contribution in [1.29, 1.82) is 0 Å². The molecular formula is C33H31N5O8. The quantitative estimate of drug-likeness (QED) is 0.213. The van der Waals surface area contributed by atoms with Crippen molar-refractivity contribution in [2.45, 2.75) is 19.1 Å². The molecule has 13 nitrogen and oxygen atoms in total. The summed E-state index contributed by atoms with van der Waals surface area (Å²) < 4.78 is 11.6. The summed E-state index contributed by atoms with van der Waals surface area (Å²) in [6.45, 7) is -1.28. The van der Waals surface area contributed by atoms with E-state index in [1.807, 2.05) is 54.6 Å². The number of carbonyl (C=O) groups excluding carboxylic acids is 3. The third-order valence-corrected chi connectivity index (χ3v) is 7.30. The molecule has 3 aromatic carbocycles. The molecule has 13 heteroatoms. The van der Waals surface area contributed by atoms with Crippen LogP contribution < -0.4 is 16.3 Å². The van der Waals surface area contributed by atoms with Crippen LogP contribution in [0.5, 0.6) is 0 Å². The Hall–Kier alpha value is -5.98. The van der Waals surface area contributed by atoms with E-state index in [0.717, 1.165) is 37.3 Å². The predicted octanol–water partition coefficient (Wildman–Crippen LogP) is 3.44. The molecule has 0 unspecified atom stereocenters. The van der Waals surface area contributed by atoms with Gasteiger partial charge in [-0.05, 0) is 33.9 Å². The van der Waals surface area contributed by atoms with Crippen LogP contribution in [0.15, 0.2) is 95.9 Å². The van der Waals surface area contributed by atoms with Gasteiger partial charge in [-0.2, -0.15) is 4.98 Å². The lowest BCUT2D eigenvalue weighted by molar-refractivity contribution is -0.144. The highest BCUT2D eigenvalue weighted by atomic mass is 16.6. The van der Waals surface area contributed by atoms with Crippen LogP contribution in [0, 0.1) is 0 Å². The number of carbonyl (C=O) groups is 4. The van der Waals surface area contributed by atoms with Crippen LogP contribution in [0.1, 0.15) is 22.6 Å². The molecule has 236 valence electrons. The normalized spacial score (nSPS) is 11.6. The lowest BCUT2D eigenvalue weighted by Gasteiger charge is -2.21. The Kier molecular flexibility index (Phi) is 10.0. The van der Waals surface area contributed by atoms with Crippen LogP contribution in [0.3, 0.4) is 0 Å². The maximum Gasteiger partial charge on any atom is 0.413 e. The highest BCUT2D eigenvalue weighted by Gasteiger charge is 2.29. The van der Waals surface area contributed by atoms with E-state index in [9.17, 15) is 29.1 Å². The van der Waals surface area contributed by atoms with Gasteiger partial charge in [0.1, 0.15) is 32.1 Å². The lowest BCUT2D eigenvalue weighted by Crippen LogP contribution is -2.44. The van der Waals surface area contributed by atoms with E-state index in [0.29, 0.717) is 0 Å². The van der Waals surface area contributed by atoms with Crippen LogP contribution in [-0.4, -0.2) is 69.9 Å². The number of benzene rings is 3. The fraction of sp³-hybridized carbons (Fsp3) is 0.212. The number of nitrogens with zero attached hydrogens (tertiary/aromatic N) is 3. The summed E-state index contributed by atoms with van der Waals surface area (Å²) in [6.07, 6.45) is -0.287. The number of ether oxygens (including phenoxy) is 2. The molecule has 1 heterocycles. The number of nitrogens with one attached hydrogen (secondary N) is 2. The van der Waals surface area contributed by atoms with E-state index in [1.54, 1.807) is 24.3 Å². The molecule has 0 spiro atoms. The van der Waals surface area contributed by atoms with E-state index in [2.05, 4.69) is 15.6 Å². The maximum atomic E-state index is 12.9. The summed E-state index contributed by atoms with van der Waals surface area (Å²) in [5.41, 5.74) is 4.24. The second-order valence-electron chi connectivity index (χ2n) is 10.4. The summed E-state index contributed by atoms with van der Waals surface area (Å²) in [4.78, 5) is 66.2. The number of carboxylic acid groups (broad SMARTS) is 1. The summed E-state index contributed by atoms with van der Waals surface area (Å²) in [5, 5.41) is 14.2. The zero-order chi connectivity index (χ0) is 32.5. The fourth-order valence-electron chi connectivity index (χ4n) is 5.13. The maximum absolute atomic E-state index is 12.9. The van der Waals surface area contributed by atoms with E-state index < -0.39 is 42.8 Å². The number of carboxylic acids is 1. The van der Waals surface area contributed by atoms with Crippen LogP contribution in [-0.2, 0) is 32.2 Å². The van der Waals surface area contributed by atoms with Crippen LogP contribution in [0.4, 0.5) is 15.4 Å². The lowest BCUT2D eigenvalue weighted by atomic mass is 9.98. The fourth-order valence-corrected chi connectivity index (χ4v) is 5.13. The minimum absolute atomic E-state index is 0.0216. The van der Waals surface area contributed by atoms with Gasteiger partial charge in [0, 0.05) is 25.2 Å². The molecule has 5 rings (SSSR count). The topological polar surface area (TPSA) is 169 Å².